The summed E-state index contributed by atoms with van der Waals surface area (Å²) in [6.45, 7) is 4.64. The predicted molar refractivity (Wildman–Crippen MR) is 118 cm³/mol. The smallest absolute Gasteiger partial charge is 0.339 e. The molecule has 1 heterocycles. The topological polar surface area (TPSA) is 86.1 Å². The molecule has 0 atom stereocenters. The number of hydrogen-bond donors (Lipinski definition) is 1. The molecule has 0 unspecified atom stereocenters. The Kier molecular flexibility index (Phi) is 7.48. The molecule has 0 bridgehead atoms. The normalized spacial score (nSPS) is 10.6. The average molecular weight is 445 g/mol. The number of aromatic nitrogens is 3. The number of thioether (sulfide) groups is 1. The highest BCUT2D eigenvalue weighted by Crippen LogP contribution is 2.25. The number of carbonyl (C=O) groups is 2. The molecule has 3 rings (SSSR count). The Morgan fingerprint density at radius 1 is 1.13 bits per heavy atom. The number of nitrogens with one attached hydrogen (secondary N) is 1. The van der Waals surface area contributed by atoms with Crippen molar-refractivity contribution in [2.75, 3.05) is 17.7 Å². The molecule has 0 aliphatic rings. The summed E-state index contributed by atoms with van der Waals surface area (Å²) < 4.78 is 6.95. The lowest BCUT2D eigenvalue weighted by Gasteiger charge is -2.09. The third kappa shape index (κ3) is 5.20. The molecular formula is C21H21ClN4O3S. The van der Waals surface area contributed by atoms with Crippen LogP contribution in [0.1, 0.15) is 24.2 Å². The fourth-order valence-electron chi connectivity index (χ4n) is 2.78. The molecule has 7 nitrogen and oxygen atoms in total. The van der Waals surface area contributed by atoms with Crippen molar-refractivity contribution in [3.63, 3.8) is 0 Å². The zero-order chi connectivity index (χ0) is 21.5. The van der Waals surface area contributed by atoms with Crippen molar-refractivity contribution in [3.05, 3.63) is 59.1 Å². The Bertz CT molecular complexity index is 1040. The van der Waals surface area contributed by atoms with Gasteiger partial charge in [-0.2, -0.15) is 0 Å². The fraction of sp³-hybridized carbons (Fsp3) is 0.238. The van der Waals surface area contributed by atoms with E-state index in [9.17, 15) is 9.59 Å². The van der Waals surface area contributed by atoms with Gasteiger partial charge in [0.15, 0.2) is 11.0 Å². The minimum absolute atomic E-state index is 0.143. The Hall–Kier alpha value is -2.84. The molecular weight excluding hydrogens is 424 g/mol. The van der Waals surface area contributed by atoms with Gasteiger partial charge >= 0.3 is 5.97 Å². The number of esters is 1. The number of carbonyl (C=O) groups excluding carboxylic acids is 2. The first-order valence-corrected chi connectivity index (χ1v) is 10.8. The molecule has 3 aromatic rings. The summed E-state index contributed by atoms with van der Waals surface area (Å²) in [5.74, 6) is 0.142. The Labute approximate surface area is 183 Å². The molecule has 1 amide bonds. The molecule has 0 fully saturated rings. The lowest BCUT2D eigenvalue weighted by molar-refractivity contribution is -0.113. The number of benzene rings is 2. The summed E-state index contributed by atoms with van der Waals surface area (Å²) in [6.07, 6.45) is 0. The van der Waals surface area contributed by atoms with Crippen LogP contribution in [0.2, 0.25) is 5.02 Å². The largest absolute Gasteiger partial charge is 0.462 e. The minimum atomic E-state index is -0.530. The van der Waals surface area contributed by atoms with Gasteiger partial charge in [0.25, 0.3) is 0 Å². The van der Waals surface area contributed by atoms with Crippen LogP contribution in [0.4, 0.5) is 5.69 Å². The zero-order valence-electron chi connectivity index (χ0n) is 16.6. The van der Waals surface area contributed by atoms with Crippen LogP contribution in [0.5, 0.6) is 0 Å². The van der Waals surface area contributed by atoms with E-state index in [1.165, 1.54) is 17.8 Å². The molecule has 0 spiro atoms. The van der Waals surface area contributed by atoms with Gasteiger partial charge in [0.05, 0.1) is 22.9 Å². The molecule has 1 aromatic heterocycles. The first-order valence-electron chi connectivity index (χ1n) is 9.41. The number of ether oxygens (including phenoxy) is 1. The summed E-state index contributed by atoms with van der Waals surface area (Å²) in [5.41, 5.74) is 1.65. The maximum atomic E-state index is 12.4. The second kappa shape index (κ2) is 10.3. The second-order valence-electron chi connectivity index (χ2n) is 6.17. The van der Waals surface area contributed by atoms with E-state index < -0.39 is 5.97 Å². The van der Waals surface area contributed by atoms with Gasteiger partial charge in [-0.15, -0.1) is 10.2 Å². The summed E-state index contributed by atoms with van der Waals surface area (Å²) in [4.78, 5) is 24.4. The van der Waals surface area contributed by atoms with Crippen LogP contribution in [0, 0.1) is 0 Å². The van der Waals surface area contributed by atoms with E-state index in [-0.39, 0.29) is 28.9 Å². The van der Waals surface area contributed by atoms with Crippen LogP contribution in [-0.2, 0) is 16.1 Å². The standard InChI is InChI=1S/C21H21ClN4O3S/c1-3-26-19(14-8-6-5-7-9-14)24-25-21(26)30-13-18(27)23-15-10-11-17(22)16(12-15)20(28)29-4-2/h5-12H,3-4,13H2,1-2H3,(H,23,27). The van der Waals surface area contributed by atoms with E-state index >= 15 is 0 Å². The summed E-state index contributed by atoms with van der Waals surface area (Å²) in [7, 11) is 0. The number of rotatable bonds is 8. The molecule has 30 heavy (non-hydrogen) atoms. The van der Waals surface area contributed by atoms with Crippen LogP contribution in [0.3, 0.4) is 0 Å². The van der Waals surface area contributed by atoms with Gasteiger partial charge < -0.3 is 14.6 Å². The predicted octanol–water partition coefficient (Wildman–Crippen LogP) is 4.53. The first kappa shape index (κ1) is 21.9. The molecule has 156 valence electrons. The molecule has 0 aliphatic heterocycles. The number of anilines is 1. The lowest BCUT2D eigenvalue weighted by atomic mass is 10.2. The van der Waals surface area contributed by atoms with Gasteiger partial charge in [0.1, 0.15) is 0 Å². The van der Waals surface area contributed by atoms with E-state index in [0.717, 1.165) is 11.4 Å². The number of hydrogen-bond acceptors (Lipinski definition) is 6. The van der Waals surface area contributed by atoms with E-state index in [1.807, 2.05) is 41.8 Å². The molecule has 1 N–H and O–H groups in total. The molecule has 0 radical (unpaired) electrons. The number of halogens is 1. The first-order chi connectivity index (χ1) is 14.5. The average Bonchev–Trinajstić information content (AvgIpc) is 3.17. The third-order valence-electron chi connectivity index (χ3n) is 4.14. The zero-order valence-corrected chi connectivity index (χ0v) is 18.2. The summed E-state index contributed by atoms with van der Waals surface area (Å²) in [5, 5.41) is 12.2. The molecule has 9 heteroatoms. The van der Waals surface area contributed by atoms with Gasteiger partial charge in [0, 0.05) is 17.8 Å². The van der Waals surface area contributed by atoms with Crippen molar-refractivity contribution < 1.29 is 14.3 Å². The highest BCUT2D eigenvalue weighted by Gasteiger charge is 2.16. The monoisotopic (exact) mass is 444 g/mol. The van der Waals surface area contributed by atoms with Crippen LogP contribution >= 0.6 is 23.4 Å². The van der Waals surface area contributed by atoms with Crippen LogP contribution < -0.4 is 5.32 Å². The van der Waals surface area contributed by atoms with Gasteiger partial charge in [0.2, 0.25) is 5.91 Å². The molecule has 0 aliphatic carbocycles. The minimum Gasteiger partial charge on any atom is -0.462 e. The molecule has 2 aromatic carbocycles. The van der Waals surface area contributed by atoms with E-state index in [2.05, 4.69) is 15.5 Å². The van der Waals surface area contributed by atoms with Crippen molar-refractivity contribution >= 4 is 40.9 Å². The second-order valence-corrected chi connectivity index (χ2v) is 7.52. The van der Waals surface area contributed by atoms with Crippen molar-refractivity contribution in [2.24, 2.45) is 0 Å². The van der Waals surface area contributed by atoms with Gasteiger partial charge in [-0.05, 0) is 32.0 Å². The highest BCUT2D eigenvalue weighted by molar-refractivity contribution is 7.99. The molecule has 0 saturated heterocycles. The third-order valence-corrected chi connectivity index (χ3v) is 5.44. The van der Waals surface area contributed by atoms with Crippen molar-refractivity contribution in [3.8, 4) is 11.4 Å². The fourth-order valence-corrected chi connectivity index (χ4v) is 3.77. The Morgan fingerprint density at radius 2 is 1.90 bits per heavy atom. The van der Waals surface area contributed by atoms with Gasteiger partial charge in [-0.25, -0.2) is 4.79 Å². The van der Waals surface area contributed by atoms with E-state index in [0.29, 0.717) is 17.4 Å². The van der Waals surface area contributed by atoms with Gasteiger partial charge in [-0.3, -0.25) is 4.79 Å². The maximum Gasteiger partial charge on any atom is 0.339 e. The maximum absolute atomic E-state index is 12.4. The van der Waals surface area contributed by atoms with Crippen molar-refractivity contribution in [2.45, 2.75) is 25.5 Å². The number of nitrogens with zero attached hydrogens (tertiary/aromatic N) is 3. The van der Waals surface area contributed by atoms with Crippen molar-refractivity contribution in [1.29, 1.82) is 0 Å². The Morgan fingerprint density at radius 3 is 2.60 bits per heavy atom. The summed E-state index contributed by atoms with van der Waals surface area (Å²) >= 11 is 7.35. The van der Waals surface area contributed by atoms with Crippen LogP contribution in [0.25, 0.3) is 11.4 Å². The number of amides is 1. The van der Waals surface area contributed by atoms with Crippen LogP contribution in [0.15, 0.2) is 53.7 Å². The van der Waals surface area contributed by atoms with Crippen molar-refractivity contribution in [1.82, 2.24) is 14.8 Å². The molecule has 0 saturated carbocycles. The quantitative estimate of drug-likeness (QED) is 0.406. The van der Waals surface area contributed by atoms with Gasteiger partial charge in [-0.1, -0.05) is 53.7 Å². The SMILES string of the molecule is CCOC(=O)c1cc(NC(=O)CSc2nnc(-c3ccccc3)n2CC)ccc1Cl. The van der Waals surface area contributed by atoms with Crippen LogP contribution in [-0.4, -0.2) is 39.0 Å². The summed E-state index contributed by atoms with van der Waals surface area (Å²) in [6, 6.07) is 14.5. The Balaban J connectivity index is 1.66. The lowest BCUT2D eigenvalue weighted by Crippen LogP contribution is -2.15. The van der Waals surface area contributed by atoms with E-state index in [4.69, 9.17) is 16.3 Å². The van der Waals surface area contributed by atoms with E-state index in [1.54, 1.807) is 19.1 Å². The highest BCUT2D eigenvalue weighted by atomic mass is 35.5.